The van der Waals surface area contributed by atoms with Gasteiger partial charge in [0.15, 0.2) is 11.5 Å². The van der Waals surface area contributed by atoms with Gasteiger partial charge in [0, 0.05) is 0 Å². The summed E-state index contributed by atoms with van der Waals surface area (Å²) < 4.78 is 24.3. The Balaban J connectivity index is 1.00. The molecule has 0 fully saturated rings. The molecule has 7 aromatic rings. The number of hydrogen-bond donors (Lipinski definition) is 2. The molecule has 7 aromatic carbocycles. The second kappa shape index (κ2) is 17.7. The minimum atomic E-state index is -1.45. The van der Waals surface area contributed by atoms with Gasteiger partial charge >= 0.3 is 11.9 Å². The monoisotopic (exact) mass is 742 g/mol. The van der Waals surface area contributed by atoms with Gasteiger partial charge in [-0.3, -0.25) is 0 Å². The molecule has 0 radical (unpaired) electrons. The molecule has 2 N–H and O–H groups in total. The molecule has 0 aliphatic carbocycles. The third-order valence-corrected chi connectivity index (χ3v) is 8.96. The second-order valence-electron chi connectivity index (χ2n) is 13.1. The van der Waals surface area contributed by atoms with Gasteiger partial charge in [0.05, 0.1) is 5.56 Å². The van der Waals surface area contributed by atoms with Crippen molar-refractivity contribution in [2.75, 3.05) is 0 Å². The zero-order valence-corrected chi connectivity index (χ0v) is 30.3. The number of aromatic carboxylic acids is 2. The smallest absolute Gasteiger partial charge is 0.340 e. The summed E-state index contributed by atoms with van der Waals surface area (Å²) in [5, 5.41) is 19.9. The van der Waals surface area contributed by atoms with Gasteiger partial charge in [-0.05, 0) is 107 Å². The SMILES string of the molecule is O=C(O)c1ccc(OCc2ccc(Oc3cccc(Cc4ccccc4)c3)cc2)c(OCc2ccc(Oc3cccc(Cc4ccccc4)c3)cc2)c1C(=O)O. The van der Waals surface area contributed by atoms with Gasteiger partial charge < -0.3 is 29.2 Å². The Bertz CT molecular complexity index is 2410. The maximum Gasteiger partial charge on any atom is 0.340 e. The number of rotatable bonds is 16. The van der Waals surface area contributed by atoms with Gasteiger partial charge in [-0.25, -0.2) is 9.59 Å². The van der Waals surface area contributed by atoms with E-state index >= 15 is 0 Å². The lowest BCUT2D eigenvalue weighted by atomic mass is 10.1. The number of carboxylic acids is 2. The topological polar surface area (TPSA) is 112 Å². The quantitative estimate of drug-likeness (QED) is 0.101. The van der Waals surface area contributed by atoms with Gasteiger partial charge in [0.2, 0.25) is 0 Å². The van der Waals surface area contributed by atoms with Crippen molar-refractivity contribution in [3.63, 3.8) is 0 Å². The summed E-state index contributed by atoms with van der Waals surface area (Å²) in [5.74, 6) is -0.252. The molecule has 0 saturated heterocycles. The molecule has 56 heavy (non-hydrogen) atoms. The first-order chi connectivity index (χ1) is 27.4. The maximum atomic E-state index is 12.4. The minimum Gasteiger partial charge on any atom is -0.485 e. The number of carboxylic acid groups (broad SMARTS) is 2. The van der Waals surface area contributed by atoms with Gasteiger partial charge in [0.1, 0.15) is 41.8 Å². The van der Waals surface area contributed by atoms with E-state index < -0.39 is 23.1 Å². The summed E-state index contributed by atoms with van der Waals surface area (Å²) in [6.45, 7) is 0.0123. The number of hydrogen-bond acceptors (Lipinski definition) is 6. The fourth-order valence-electron chi connectivity index (χ4n) is 6.21. The van der Waals surface area contributed by atoms with Crippen molar-refractivity contribution in [2.24, 2.45) is 0 Å². The van der Waals surface area contributed by atoms with E-state index in [0.29, 0.717) is 22.8 Å². The van der Waals surface area contributed by atoms with Crippen LogP contribution in [-0.2, 0) is 26.1 Å². The zero-order valence-electron chi connectivity index (χ0n) is 30.3. The van der Waals surface area contributed by atoms with Crippen molar-refractivity contribution in [1.82, 2.24) is 0 Å². The first kappa shape index (κ1) is 37.0. The molecular formula is C48H38O8. The van der Waals surface area contributed by atoms with Crippen LogP contribution in [0.15, 0.2) is 170 Å². The highest BCUT2D eigenvalue weighted by molar-refractivity contribution is 6.04. The molecule has 8 heteroatoms. The average molecular weight is 743 g/mol. The van der Waals surface area contributed by atoms with Gasteiger partial charge in [-0.1, -0.05) is 109 Å². The highest BCUT2D eigenvalue weighted by Gasteiger charge is 2.25. The van der Waals surface area contributed by atoms with Gasteiger partial charge in [-0.2, -0.15) is 0 Å². The van der Waals surface area contributed by atoms with Crippen LogP contribution in [0, 0.1) is 0 Å². The van der Waals surface area contributed by atoms with E-state index in [1.54, 1.807) is 24.3 Å². The Hall–Kier alpha value is -7.32. The van der Waals surface area contributed by atoms with Crippen molar-refractivity contribution < 1.29 is 38.7 Å². The van der Waals surface area contributed by atoms with E-state index in [1.165, 1.54) is 23.3 Å². The van der Waals surface area contributed by atoms with Crippen LogP contribution in [0.1, 0.15) is 54.1 Å². The van der Waals surface area contributed by atoms with Crippen LogP contribution in [0.4, 0.5) is 0 Å². The molecule has 0 spiro atoms. The molecule has 8 nitrogen and oxygen atoms in total. The predicted octanol–water partition coefficient (Wildman–Crippen LogP) is 11.0. The first-order valence-corrected chi connectivity index (χ1v) is 18.0. The highest BCUT2D eigenvalue weighted by atomic mass is 16.5. The van der Waals surface area contributed by atoms with Crippen LogP contribution in [0.2, 0.25) is 0 Å². The lowest BCUT2D eigenvalue weighted by molar-refractivity contribution is 0.0646. The Morgan fingerprint density at radius 2 is 0.875 bits per heavy atom. The molecular weight excluding hydrogens is 705 g/mol. The minimum absolute atomic E-state index is 0.0505. The number of ether oxygens (including phenoxy) is 4. The Morgan fingerprint density at radius 3 is 1.34 bits per heavy atom. The lowest BCUT2D eigenvalue weighted by Crippen LogP contribution is -2.12. The Morgan fingerprint density at radius 1 is 0.411 bits per heavy atom. The molecule has 0 aliphatic rings. The van der Waals surface area contributed by atoms with Gasteiger partial charge in [-0.15, -0.1) is 0 Å². The van der Waals surface area contributed by atoms with Crippen LogP contribution < -0.4 is 18.9 Å². The summed E-state index contributed by atoms with van der Waals surface area (Å²) in [6, 6.07) is 53.4. The zero-order chi connectivity index (χ0) is 38.7. The fraction of sp³-hybridized carbons (Fsp3) is 0.0833. The Kier molecular flexibility index (Phi) is 11.7. The molecule has 0 amide bonds. The molecule has 0 unspecified atom stereocenters. The number of carbonyl (C=O) groups is 2. The summed E-state index contributed by atoms with van der Waals surface area (Å²) >= 11 is 0. The first-order valence-electron chi connectivity index (χ1n) is 18.0. The van der Waals surface area contributed by atoms with Crippen molar-refractivity contribution >= 4 is 11.9 Å². The predicted molar refractivity (Wildman–Crippen MR) is 213 cm³/mol. The molecule has 7 rings (SSSR count). The Labute approximate surface area is 324 Å². The standard InChI is InChI=1S/C48H38O8/c49-47(50)43-25-26-44(53-31-35-17-21-39(22-18-35)55-41-15-7-13-37(29-41)27-33-9-3-1-4-10-33)46(45(43)48(51)52)54-32-36-19-23-40(24-20-36)56-42-16-8-14-38(30-42)28-34-11-5-2-6-12-34/h1-26,29-30H,27-28,31-32H2,(H,49,50)(H,51,52). The van der Waals surface area contributed by atoms with E-state index in [4.69, 9.17) is 18.9 Å². The van der Waals surface area contributed by atoms with Crippen LogP contribution in [-0.4, -0.2) is 22.2 Å². The summed E-state index contributed by atoms with van der Waals surface area (Å²) in [4.78, 5) is 24.4. The lowest BCUT2D eigenvalue weighted by Gasteiger charge is -2.17. The molecule has 0 saturated carbocycles. The van der Waals surface area contributed by atoms with E-state index in [-0.39, 0.29) is 24.7 Å². The molecule has 0 aromatic heterocycles. The van der Waals surface area contributed by atoms with Crippen LogP contribution in [0.5, 0.6) is 34.5 Å². The molecule has 0 heterocycles. The van der Waals surface area contributed by atoms with E-state index in [1.807, 2.05) is 97.1 Å². The van der Waals surface area contributed by atoms with Crippen molar-refractivity contribution in [3.8, 4) is 34.5 Å². The summed E-state index contributed by atoms with van der Waals surface area (Å²) in [6.07, 6.45) is 1.58. The molecule has 0 atom stereocenters. The number of benzene rings is 7. The van der Waals surface area contributed by atoms with Crippen LogP contribution in [0.3, 0.4) is 0 Å². The van der Waals surface area contributed by atoms with Gasteiger partial charge in [0.25, 0.3) is 0 Å². The molecule has 278 valence electrons. The van der Waals surface area contributed by atoms with E-state index in [9.17, 15) is 19.8 Å². The average Bonchev–Trinajstić information content (AvgIpc) is 3.21. The van der Waals surface area contributed by atoms with Crippen LogP contribution >= 0.6 is 0 Å². The third kappa shape index (κ3) is 9.80. The molecule has 0 bridgehead atoms. The van der Waals surface area contributed by atoms with Crippen LogP contribution in [0.25, 0.3) is 0 Å². The fourth-order valence-corrected chi connectivity index (χ4v) is 6.21. The largest absolute Gasteiger partial charge is 0.485 e. The summed E-state index contributed by atoms with van der Waals surface area (Å²) in [7, 11) is 0. The second-order valence-corrected chi connectivity index (χ2v) is 13.1. The van der Waals surface area contributed by atoms with Crippen molar-refractivity contribution in [1.29, 1.82) is 0 Å². The van der Waals surface area contributed by atoms with Crippen molar-refractivity contribution in [3.05, 3.63) is 214 Å². The van der Waals surface area contributed by atoms with E-state index in [2.05, 4.69) is 36.4 Å². The highest BCUT2D eigenvalue weighted by Crippen LogP contribution is 2.36. The van der Waals surface area contributed by atoms with Crippen molar-refractivity contribution in [2.45, 2.75) is 26.1 Å². The van der Waals surface area contributed by atoms with E-state index in [0.717, 1.165) is 35.3 Å². The normalized spacial score (nSPS) is 10.7. The summed E-state index contributed by atoms with van der Waals surface area (Å²) in [5.41, 5.74) is 5.26. The maximum absolute atomic E-state index is 12.4. The third-order valence-electron chi connectivity index (χ3n) is 8.96. The molecule has 0 aliphatic heterocycles.